The molecule has 0 heterocycles. The number of hydrogen-bond acceptors (Lipinski definition) is 3. The average Bonchev–Trinajstić information content (AvgIpc) is 2.99. The third-order valence-corrected chi connectivity index (χ3v) is 6.52. The van der Waals surface area contributed by atoms with Crippen molar-refractivity contribution in [3.05, 3.63) is 23.8 Å². The van der Waals surface area contributed by atoms with E-state index in [1.807, 2.05) is 6.08 Å². The fourth-order valence-electron chi connectivity index (χ4n) is 5.03. The predicted molar refractivity (Wildman–Crippen MR) is 92.3 cm³/mol. The molecule has 0 saturated heterocycles. The molecule has 3 rings (SSSR count). The van der Waals surface area contributed by atoms with Gasteiger partial charge in [-0.25, -0.2) is 0 Å². The highest BCUT2D eigenvalue weighted by atomic mass is 16.4. The van der Waals surface area contributed by atoms with Crippen LogP contribution in [0.3, 0.4) is 0 Å². The molecule has 3 fully saturated rings. The zero-order chi connectivity index (χ0) is 17.1. The van der Waals surface area contributed by atoms with Crippen LogP contribution in [0.15, 0.2) is 23.8 Å². The molecule has 134 valence electrons. The first-order chi connectivity index (χ1) is 11.6. The summed E-state index contributed by atoms with van der Waals surface area (Å²) in [7, 11) is 0. The Morgan fingerprint density at radius 3 is 2.71 bits per heavy atom. The molecule has 0 bridgehead atoms. The SMILES string of the molecule is O=C(O)C(CCC=C1C[C@@H]2C[C@@H](O)[C@H](C=CCO)[C@H]2C1)C1CCC1. The first-order valence-corrected chi connectivity index (χ1v) is 9.46. The minimum absolute atomic E-state index is 0.0288. The number of carboxylic acids is 1. The van der Waals surface area contributed by atoms with Crippen molar-refractivity contribution in [1.29, 1.82) is 0 Å². The van der Waals surface area contributed by atoms with Crippen LogP contribution < -0.4 is 0 Å². The van der Waals surface area contributed by atoms with Crippen LogP contribution in [0.25, 0.3) is 0 Å². The molecule has 4 heteroatoms. The van der Waals surface area contributed by atoms with Crippen LogP contribution in [-0.4, -0.2) is 34.0 Å². The van der Waals surface area contributed by atoms with Gasteiger partial charge in [-0.3, -0.25) is 4.79 Å². The Labute approximate surface area is 144 Å². The van der Waals surface area contributed by atoms with Gasteiger partial charge in [0, 0.05) is 5.92 Å². The van der Waals surface area contributed by atoms with Gasteiger partial charge in [0.25, 0.3) is 0 Å². The van der Waals surface area contributed by atoms with E-state index in [4.69, 9.17) is 5.11 Å². The van der Waals surface area contributed by atoms with Crippen LogP contribution >= 0.6 is 0 Å². The second kappa shape index (κ2) is 7.83. The van der Waals surface area contributed by atoms with Crippen molar-refractivity contribution in [2.45, 2.75) is 57.5 Å². The average molecular weight is 334 g/mol. The van der Waals surface area contributed by atoms with E-state index in [2.05, 4.69) is 6.08 Å². The number of hydrogen-bond donors (Lipinski definition) is 3. The third kappa shape index (κ3) is 3.75. The summed E-state index contributed by atoms with van der Waals surface area (Å²) in [4.78, 5) is 11.4. The van der Waals surface area contributed by atoms with Gasteiger partial charge in [-0.2, -0.15) is 0 Å². The zero-order valence-electron chi connectivity index (χ0n) is 14.3. The molecule has 0 aliphatic heterocycles. The van der Waals surface area contributed by atoms with E-state index in [1.165, 1.54) is 12.0 Å². The summed E-state index contributed by atoms with van der Waals surface area (Å²) in [6.07, 6.45) is 13.6. The second-order valence-corrected chi connectivity index (χ2v) is 7.90. The van der Waals surface area contributed by atoms with E-state index in [0.717, 1.165) is 44.9 Å². The molecule has 24 heavy (non-hydrogen) atoms. The lowest BCUT2D eigenvalue weighted by atomic mass is 9.74. The first-order valence-electron chi connectivity index (χ1n) is 9.46. The summed E-state index contributed by atoms with van der Waals surface area (Å²) < 4.78 is 0. The van der Waals surface area contributed by atoms with Crippen molar-refractivity contribution < 1.29 is 20.1 Å². The Hall–Kier alpha value is -1.13. The summed E-state index contributed by atoms with van der Waals surface area (Å²) >= 11 is 0. The van der Waals surface area contributed by atoms with Crippen molar-refractivity contribution in [3.63, 3.8) is 0 Å². The third-order valence-electron chi connectivity index (χ3n) is 6.52. The second-order valence-electron chi connectivity index (χ2n) is 7.90. The summed E-state index contributed by atoms with van der Waals surface area (Å²) in [5, 5.41) is 28.6. The quantitative estimate of drug-likeness (QED) is 0.625. The fraction of sp³-hybridized carbons (Fsp3) is 0.750. The van der Waals surface area contributed by atoms with Crippen molar-refractivity contribution in [2.75, 3.05) is 6.61 Å². The molecule has 0 aromatic carbocycles. The number of aliphatic hydroxyl groups is 2. The maximum Gasteiger partial charge on any atom is 0.306 e. The number of carboxylic acid groups (broad SMARTS) is 1. The minimum Gasteiger partial charge on any atom is -0.481 e. The number of aliphatic carboxylic acids is 1. The van der Waals surface area contributed by atoms with Crippen LogP contribution in [0, 0.1) is 29.6 Å². The Morgan fingerprint density at radius 1 is 1.29 bits per heavy atom. The van der Waals surface area contributed by atoms with Crippen LogP contribution in [0.5, 0.6) is 0 Å². The molecule has 3 saturated carbocycles. The van der Waals surface area contributed by atoms with Gasteiger partial charge in [-0.1, -0.05) is 30.2 Å². The summed E-state index contributed by atoms with van der Waals surface area (Å²) in [6, 6.07) is 0. The molecule has 0 aromatic rings. The molecule has 0 spiro atoms. The van der Waals surface area contributed by atoms with Gasteiger partial charge in [0.2, 0.25) is 0 Å². The van der Waals surface area contributed by atoms with E-state index in [-0.39, 0.29) is 24.5 Å². The molecule has 5 atom stereocenters. The number of fused-ring (bicyclic) bond motifs is 1. The summed E-state index contributed by atoms with van der Waals surface area (Å²) in [5.41, 5.74) is 1.44. The highest BCUT2D eigenvalue weighted by Crippen LogP contribution is 2.50. The number of allylic oxidation sites excluding steroid dienone is 2. The zero-order valence-corrected chi connectivity index (χ0v) is 14.3. The smallest absolute Gasteiger partial charge is 0.306 e. The Balaban J connectivity index is 1.53. The van der Waals surface area contributed by atoms with Crippen molar-refractivity contribution in [1.82, 2.24) is 0 Å². The topological polar surface area (TPSA) is 77.8 Å². The Bertz CT molecular complexity index is 506. The lowest BCUT2D eigenvalue weighted by Crippen LogP contribution is -2.28. The number of carbonyl (C=O) groups is 1. The van der Waals surface area contributed by atoms with Crippen LogP contribution in [0.1, 0.15) is 51.4 Å². The largest absolute Gasteiger partial charge is 0.481 e. The lowest BCUT2D eigenvalue weighted by Gasteiger charge is -2.30. The maximum atomic E-state index is 11.4. The molecule has 3 aliphatic carbocycles. The first kappa shape index (κ1) is 17.7. The van der Waals surface area contributed by atoms with E-state index >= 15 is 0 Å². The van der Waals surface area contributed by atoms with Crippen molar-refractivity contribution in [3.8, 4) is 0 Å². The monoisotopic (exact) mass is 334 g/mol. The van der Waals surface area contributed by atoms with Gasteiger partial charge in [0.15, 0.2) is 0 Å². The van der Waals surface area contributed by atoms with Gasteiger partial charge in [-0.05, 0) is 62.7 Å². The van der Waals surface area contributed by atoms with Gasteiger partial charge in [0.05, 0.1) is 18.6 Å². The van der Waals surface area contributed by atoms with Crippen LogP contribution in [-0.2, 0) is 4.79 Å². The highest BCUT2D eigenvalue weighted by molar-refractivity contribution is 5.70. The molecular weight excluding hydrogens is 304 g/mol. The predicted octanol–water partition coefficient (Wildman–Crippen LogP) is 3.15. The normalized spacial score (nSPS) is 36.2. The van der Waals surface area contributed by atoms with Crippen LogP contribution in [0.2, 0.25) is 0 Å². The summed E-state index contributed by atoms with van der Waals surface area (Å²) in [6.45, 7) is 0.0288. The lowest BCUT2D eigenvalue weighted by molar-refractivity contribution is -0.145. The number of aliphatic hydroxyl groups excluding tert-OH is 2. The molecule has 0 amide bonds. The molecule has 0 aromatic heterocycles. The van der Waals surface area contributed by atoms with E-state index < -0.39 is 5.97 Å². The molecule has 0 radical (unpaired) electrons. The van der Waals surface area contributed by atoms with E-state index in [1.54, 1.807) is 6.08 Å². The Kier molecular flexibility index (Phi) is 5.77. The van der Waals surface area contributed by atoms with Crippen molar-refractivity contribution in [2.24, 2.45) is 29.6 Å². The highest BCUT2D eigenvalue weighted by Gasteiger charge is 2.44. The molecule has 4 nitrogen and oxygen atoms in total. The molecule has 1 unspecified atom stereocenters. The molecule has 3 aliphatic rings. The fourth-order valence-corrected chi connectivity index (χ4v) is 5.03. The van der Waals surface area contributed by atoms with Gasteiger partial charge >= 0.3 is 5.97 Å². The van der Waals surface area contributed by atoms with Gasteiger partial charge in [-0.15, -0.1) is 0 Å². The molecular formula is C20H30O4. The maximum absolute atomic E-state index is 11.4. The van der Waals surface area contributed by atoms with Crippen LogP contribution in [0.4, 0.5) is 0 Å². The van der Waals surface area contributed by atoms with Crippen molar-refractivity contribution >= 4 is 5.97 Å². The summed E-state index contributed by atoms with van der Waals surface area (Å²) in [5.74, 6) is 0.788. The molecule has 3 N–H and O–H groups in total. The van der Waals surface area contributed by atoms with Gasteiger partial charge < -0.3 is 15.3 Å². The Morgan fingerprint density at radius 2 is 2.08 bits per heavy atom. The standard InChI is InChI=1S/C20H30O4/c21-9-3-8-17-18-11-13(10-15(18)12-19(17)22)4-1-7-16(20(23)24)14-5-2-6-14/h3-4,8,14-19,21-22H,1-2,5-7,9-12H2,(H,23,24)/t15-,16?,17-,18+,19-/m1/s1. The van der Waals surface area contributed by atoms with E-state index in [9.17, 15) is 15.0 Å². The number of rotatable bonds is 7. The minimum atomic E-state index is -0.626. The van der Waals surface area contributed by atoms with Gasteiger partial charge in [0.1, 0.15) is 0 Å². The van der Waals surface area contributed by atoms with E-state index in [0.29, 0.717) is 17.8 Å².